The third-order valence-corrected chi connectivity index (χ3v) is 4.66. The highest BCUT2D eigenvalue weighted by Gasteiger charge is 2.30. The minimum absolute atomic E-state index is 0.0604. The van der Waals surface area contributed by atoms with E-state index >= 15 is 0 Å². The molecule has 0 amide bonds. The van der Waals surface area contributed by atoms with E-state index < -0.39 is 0 Å². The van der Waals surface area contributed by atoms with Crippen molar-refractivity contribution in [3.05, 3.63) is 21.6 Å². The molecule has 2 N–H and O–H groups in total. The Kier molecular flexibility index (Phi) is 3.73. The molecule has 1 aliphatic heterocycles. The lowest BCUT2D eigenvalue weighted by Gasteiger charge is -2.21. The topological polar surface area (TPSA) is 64.2 Å². The summed E-state index contributed by atoms with van der Waals surface area (Å²) in [5.74, 6) is 1.04. The first kappa shape index (κ1) is 13.9. The number of aromatic nitrogens is 2. The van der Waals surface area contributed by atoms with E-state index in [9.17, 15) is 4.79 Å². The van der Waals surface area contributed by atoms with Gasteiger partial charge in [-0.15, -0.1) is 0 Å². The van der Waals surface area contributed by atoms with Crippen LogP contribution in [0.15, 0.2) is 11.0 Å². The fourth-order valence-electron chi connectivity index (χ4n) is 2.84. The van der Waals surface area contributed by atoms with Crippen LogP contribution in [-0.4, -0.2) is 28.9 Å². The van der Waals surface area contributed by atoms with E-state index in [1.165, 1.54) is 12.8 Å². The summed E-state index contributed by atoms with van der Waals surface area (Å²) in [6.45, 7) is 4.38. The molecule has 0 spiro atoms. The first-order valence-electron chi connectivity index (χ1n) is 7.32. The van der Waals surface area contributed by atoms with Crippen LogP contribution in [0.1, 0.15) is 26.2 Å². The Balaban J connectivity index is 1.86. The van der Waals surface area contributed by atoms with Gasteiger partial charge in [-0.05, 0) is 38.0 Å². The Hall–Kier alpha value is -1.07. The molecule has 0 bridgehead atoms. The molecular formula is C14H21ClN4O. The minimum Gasteiger partial charge on any atom is -0.365 e. The fraction of sp³-hybridized carbons (Fsp3) is 0.714. The maximum Gasteiger partial charge on any atom is 0.291 e. The van der Waals surface area contributed by atoms with Crippen molar-refractivity contribution in [3.63, 3.8) is 0 Å². The first-order chi connectivity index (χ1) is 9.56. The molecule has 1 aliphatic carbocycles. The predicted octanol–water partition coefficient (Wildman–Crippen LogP) is 1.48. The molecule has 20 heavy (non-hydrogen) atoms. The molecular weight excluding hydrogens is 276 g/mol. The van der Waals surface area contributed by atoms with Crippen molar-refractivity contribution in [3.8, 4) is 0 Å². The van der Waals surface area contributed by atoms with E-state index in [1.807, 2.05) is 6.92 Å². The molecule has 2 heterocycles. The summed E-state index contributed by atoms with van der Waals surface area (Å²) >= 11 is 6.21. The highest BCUT2D eigenvalue weighted by molar-refractivity contribution is 6.33. The van der Waals surface area contributed by atoms with Gasteiger partial charge >= 0.3 is 0 Å². The van der Waals surface area contributed by atoms with E-state index in [0.29, 0.717) is 29.1 Å². The Bertz CT molecular complexity index is 553. The van der Waals surface area contributed by atoms with Crippen LogP contribution in [0.3, 0.4) is 0 Å². The van der Waals surface area contributed by atoms with Crippen molar-refractivity contribution in [2.75, 3.05) is 18.0 Å². The van der Waals surface area contributed by atoms with Gasteiger partial charge in [-0.2, -0.15) is 5.10 Å². The van der Waals surface area contributed by atoms with Crippen LogP contribution in [0, 0.1) is 11.8 Å². The third-order valence-electron chi connectivity index (χ3n) is 4.39. The lowest BCUT2D eigenvalue weighted by molar-refractivity contribution is 0.487. The molecule has 1 saturated heterocycles. The zero-order valence-corrected chi connectivity index (χ0v) is 12.5. The molecule has 110 valence electrons. The van der Waals surface area contributed by atoms with Gasteiger partial charge in [-0.25, -0.2) is 4.68 Å². The van der Waals surface area contributed by atoms with E-state index in [-0.39, 0.29) is 11.6 Å². The molecule has 2 aliphatic rings. The summed E-state index contributed by atoms with van der Waals surface area (Å²) < 4.78 is 1.57. The van der Waals surface area contributed by atoms with Gasteiger partial charge in [0, 0.05) is 25.7 Å². The molecule has 2 fully saturated rings. The van der Waals surface area contributed by atoms with Crippen LogP contribution in [-0.2, 0) is 6.54 Å². The van der Waals surface area contributed by atoms with E-state index in [2.05, 4.69) is 10.00 Å². The van der Waals surface area contributed by atoms with Gasteiger partial charge in [0.1, 0.15) is 5.69 Å². The summed E-state index contributed by atoms with van der Waals surface area (Å²) in [6, 6.07) is 0.148. The van der Waals surface area contributed by atoms with Crippen molar-refractivity contribution in [1.29, 1.82) is 0 Å². The largest absolute Gasteiger partial charge is 0.365 e. The van der Waals surface area contributed by atoms with Crippen LogP contribution in [0.2, 0.25) is 5.02 Å². The molecule has 1 aromatic rings. The smallest absolute Gasteiger partial charge is 0.291 e. The maximum absolute atomic E-state index is 12.6. The molecule has 0 radical (unpaired) electrons. The van der Waals surface area contributed by atoms with Crippen molar-refractivity contribution < 1.29 is 0 Å². The van der Waals surface area contributed by atoms with Crippen molar-refractivity contribution in [2.24, 2.45) is 17.6 Å². The van der Waals surface area contributed by atoms with Crippen LogP contribution >= 0.6 is 11.6 Å². The Morgan fingerprint density at radius 1 is 1.50 bits per heavy atom. The van der Waals surface area contributed by atoms with Crippen molar-refractivity contribution in [1.82, 2.24) is 9.78 Å². The zero-order chi connectivity index (χ0) is 14.3. The van der Waals surface area contributed by atoms with Crippen LogP contribution in [0.4, 0.5) is 5.69 Å². The lowest BCUT2D eigenvalue weighted by atomic mass is 10.0. The highest BCUT2D eigenvalue weighted by Crippen LogP contribution is 2.31. The second-order valence-corrected chi connectivity index (χ2v) is 6.53. The Morgan fingerprint density at radius 3 is 2.85 bits per heavy atom. The minimum atomic E-state index is -0.0604. The van der Waals surface area contributed by atoms with Crippen LogP contribution < -0.4 is 16.2 Å². The average molecular weight is 297 g/mol. The Labute approximate surface area is 123 Å². The summed E-state index contributed by atoms with van der Waals surface area (Å²) in [5, 5.41) is 4.62. The zero-order valence-electron chi connectivity index (χ0n) is 11.8. The SMILES string of the molecule is CC(N)C1CCN(c2c(Cl)cnn(CC3CC3)c2=O)C1. The summed E-state index contributed by atoms with van der Waals surface area (Å²) in [7, 11) is 0. The van der Waals surface area contributed by atoms with Crippen LogP contribution in [0.25, 0.3) is 0 Å². The molecule has 6 heteroatoms. The third kappa shape index (κ3) is 2.69. The number of hydrogen-bond donors (Lipinski definition) is 1. The van der Waals surface area contributed by atoms with E-state index in [1.54, 1.807) is 10.9 Å². The quantitative estimate of drug-likeness (QED) is 0.914. The maximum atomic E-state index is 12.6. The molecule has 5 nitrogen and oxygen atoms in total. The summed E-state index contributed by atoms with van der Waals surface area (Å²) in [6.07, 6.45) is 5.00. The number of halogens is 1. The Morgan fingerprint density at radius 2 is 2.25 bits per heavy atom. The number of anilines is 1. The summed E-state index contributed by atoms with van der Waals surface area (Å²) in [4.78, 5) is 14.6. The average Bonchev–Trinajstić information content (AvgIpc) is 3.08. The second kappa shape index (κ2) is 5.37. The standard InChI is InChI=1S/C14H21ClN4O/c1-9(16)11-4-5-18(8-11)13-12(15)6-17-19(14(13)20)7-10-2-3-10/h6,9-11H,2-5,7-8,16H2,1H3. The summed E-state index contributed by atoms with van der Waals surface area (Å²) in [5.41, 5.74) is 6.50. The van der Waals surface area contributed by atoms with E-state index in [0.717, 1.165) is 19.5 Å². The van der Waals surface area contributed by atoms with Gasteiger partial charge < -0.3 is 10.6 Å². The number of nitrogens with zero attached hydrogens (tertiary/aromatic N) is 3. The first-order valence-corrected chi connectivity index (χ1v) is 7.70. The molecule has 1 saturated carbocycles. The number of hydrogen-bond acceptors (Lipinski definition) is 4. The van der Waals surface area contributed by atoms with Gasteiger partial charge in [0.2, 0.25) is 0 Å². The van der Waals surface area contributed by atoms with Gasteiger partial charge in [0.05, 0.1) is 11.2 Å². The molecule has 3 rings (SSSR count). The van der Waals surface area contributed by atoms with Gasteiger partial charge in [-0.1, -0.05) is 11.6 Å². The van der Waals surface area contributed by atoms with Gasteiger partial charge in [0.15, 0.2) is 0 Å². The van der Waals surface area contributed by atoms with Gasteiger partial charge in [-0.3, -0.25) is 4.79 Å². The molecule has 2 unspecified atom stereocenters. The fourth-order valence-corrected chi connectivity index (χ4v) is 3.08. The lowest BCUT2D eigenvalue weighted by Crippen LogP contribution is -2.34. The number of nitrogens with two attached hydrogens (primary N) is 1. The van der Waals surface area contributed by atoms with Crippen molar-refractivity contribution >= 4 is 17.3 Å². The number of rotatable bonds is 4. The normalized spacial score (nSPS) is 24.1. The molecule has 1 aromatic heterocycles. The van der Waals surface area contributed by atoms with E-state index in [4.69, 9.17) is 17.3 Å². The molecule has 0 aromatic carbocycles. The van der Waals surface area contributed by atoms with Gasteiger partial charge in [0.25, 0.3) is 5.56 Å². The second-order valence-electron chi connectivity index (χ2n) is 6.13. The molecule has 2 atom stereocenters. The van der Waals surface area contributed by atoms with Crippen molar-refractivity contribution in [2.45, 2.75) is 38.8 Å². The van der Waals surface area contributed by atoms with Crippen LogP contribution in [0.5, 0.6) is 0 Å². The monoisotopic (exact) mass is 296 g/mol. The highest BCUT2D eigenvalue weighted by atomic mass is 35.5. The predicted molar refractivity (Wildman–Crippen MR) is 80.2 cm³/mol.